The highest BCUT2D eigenvalue weighted by atomic mass is 19.1. The minimum absolute atomic E-state index is 0.131. The van der Waals surface area contributed by atoms with Gasteiger partial charge in [0.25, 0.3) is 5.91 Å². The van der Waals surface area contributed by atoms with Crippen molar-refractivity contribution in [1.29, 1.82) is 0 Å². The zero-order chi connectivity index (χ0) is 17.6. The molecule has 2 fully saturated rings. The molecule has 0 aliphatic carbocycles. The molecule has 25 heavy (non-hydrogen) atoms. The molecule has 1 aromatic carbocycles. The number of benzene rings is 1. The molecule has 9 heteroatoms. The van der Waals surface area contributed by atoms with Crippen LogP contribution in [0.1, 0.15) is 22.3 Å². The number of nitrogens with one attached hydrogen (secondary N) is 2. The smallest absolute Gasteiger partial charge is 0.342 e. The van der Waals surface area contributed by atoms with Crippen LogP contribution in [0.2, 0.25) is 0 Å². The summed E-state index contributed by atoms with van der Waals surface area (Å²) in [6, 6.07) is 2.32. The van der Waals surface area contributed by atoms with Crippen molar-refractivity contribution < 1.29 is 18.8 Å². The molecule has 4 rings (SSSR count). The summed E-state index contributed by atoms with van der Waals surface area (Å²) in [5.74, 6) is -1.23. The Morgan fingerprint density at radius 2 is 1.76 bits per heavy atom. The summed E-state index contributed by atoms with van der Waals surface area (Å²) < 4.78 is 14.5. The maximum Gasteiger partial charge on any atom is 0.342 e. The molecule has 2 N–H and O–H groups in total. The van der Waals surface area contributed by atoms with Crippen LogP contribution < -0.4 is 15.5 Å². The Kier molecular flexibility index (Phi) is 3.79. The zero-order valence-corrected chi connectivity index (χ0v) is 13.5. The van der Waals surface area contributed by atoms with Crippen molar-refractivity contribution in [3.8, 4) is 0 Å². The summed E-state index contributed by atoms with van der Waals surface area (Å²) >= 11 is 0. The first-order valence-corrected chi connectivity index (χ1v) is 8.26. The molecule has 0 atom stereocenters. The van der Waals surface area contributed by atoms with Crippen LogP contribution in [0, 0.1) is 5.82 Å². The summed E-state index contributed by atoms with van der Waals surface area (Å²) in [7, 11) is 0. The van der Waals surface area contributed by atoms with Crippen molar-refractivity contribution in [2.24, 2.45) is 0 Å². The average Bonchev–Trinajstić information content (AvgIpc) is 2.91. The van der Waals surface area contributed by atoms with E-state index in [4.69, 9.17) is 0 Å². The predicted octanol–water partition coefficient (Wildman–Crippen LogP) is 0.0480. The van der Waals surface area contributed by atoms with Crippen molar-refractivity contribution in [1.82, 2.24) is 20.7 Å². The van der Waals surface area contributed by atoms with Gasteiger partial charge in [-0.1, -0.05) is 0 Å². The first-order chi connectivity index (χ1) is 12.0. The molecule has 0 unspecified atom stereocenters. The number of nitrogens with zero attached hydrogens (tertiary/aromatic N) is 3. The second-order valence-electron chi connectivity index (χ2n) is 6.29. The molecule has 3 aliphatic heterocycles. The maximum atomic E-state index is 14.5. The lowest BCUT2D eigenvalue weighted by molar-refractivity contribution is -0.123. The molecule has 3 aliphatic rings. The Bertz CT molecular complexity index is 762. The number of rotatable bonds is 2. The van der Waals surface area contributed by atoms with E-state index in [1.54, 1.807) is 6.07 Å². The van der Waals surface area contributed by atoms with E-state index in [2.05, 4.69) is 10.6 Å². The van der Waals surface area contributed by atoms with E-state index in [0.29, 0.717) is 24.3 Å². The van der Waals surface area contributed by atoms with Crippen molar-refractivity contribution in [2.45, 2.75) is 13.0 Å². The van der Waals surface area contributed by atoms with Crippen LogP contribution in [0.15, 0.2) is 12.1 Å². The molecule has 4 amide bonds. The van der Waals surface area contributed by atoms with Gasteiger partial charge in [-0.3, -0.25) is 14.9 Å². The molecule has 2 saturated heterocycles. The Labute approximate surface area is 143 Å². The van der Waals surface area contributed by atoms with Crippen LogP contribution in [-0.2, 0) is 11.3 Å². The highest BCUT2D eigenvalue weighted by Crippen LogP contribution is 2.31. The Morgan fingerprint density at radius 3 is 2.48 bits per heavy atom. The van der Waals surface area contributed by atoms with Crippen LogP contribution in [-0.4, -0.2) is 60.6 Å². The summed E-state index contributed by atoms with van der Waals surface area (Å²) in [6.45, 7) is 3.29. The summed E-state index contributed by atoms with van der Waals surface area (Å²) in [4.78, 5) is 37.8. The lowest BCUT2D eigenvalue weighted by Gasteiger charge is -2.33. The SMILES string of the molecule is O=C1CCN(N2Cc3cc(N4CCNCC4)c(F)cc3C2=O)C(=O)N1. The van der Waals surface area contributed by atoms with Gasteiger partial charge in [-0.25, -0.2) is 19.2 Å². The molecule has 1 aromatic rings. The maximum absolute atomic E-state index is 14.5. The number of urea groups is 1. The fourth-order valence-corrected chi connectivity index (χ4v) is 3.44. The molecule has 8 nitrogen and oxygen atoms in total. The third-order valence-corrected chi connectivity index (χ3v) is 4.74. The Morgan fingerprint density at radius 1 is 1.00 bits per heavy atom. The monoisotopic (exact) mass is 347 g/mol. The van der Waals surface area contributed by atoms with Crippen LogP contribution in [0.25, 0.3) is 0 Å². The van der Waals surface area contributed by atoms with E-state index in [1.807, 2.05) is 4.90 Å². The normalized spacial score (nSPS) is 20.8. The van der Waals surface area contributed by atoms with Gasteiger partial charge in [0.1, 0.15) is 5.82 Å². The topological polar surface area (TPSA) is 85.0 Å². The number of fused-ring (bicyclic) bond motifs is 1. The molecule has 0 aromatic heterocycles. The number of amides is 4. The lowest BCUT2D eigenvalue weighted by Crippen LogP contribution is -2.56. The van der Waals surface area contributed by atoms with Crippen molar-refractivity contribution in [3.63, 3.8) is 0 Å². The molecule has 0 spiro atoms. The van der Waals surface area contributed by atoms with Crippen LogP contribution in [0.4, 0.5) is 14.9 Å². The van der Waals surface area contributed by atoms with E-state index in [0.717, 1.165) is 13.1 Å². The van der Waals surface area contributed by atoms with Gasteiger partial charge in [0.2, 0.25) is 5.91 Å². The first-order valence-electron chi connectivity index (χ1n) is 8.26. The summed E-state index contributed by atoms with van der Waals surface area (Å²) in [6.07, 6.45) is 0.131. The first kappa shape index (κ1) is 15.8. The van der Waals surface area contributed by atoms with E-state index in [-0.39, 0.29) is 31.0 Å². The van der Waals surface area contributed by atoms with Crippen LogP contribution in [0.3, 0.4) is 0 Å². The number of carbonyl (C=O) groups excluding carboxylic acids is 3. The number of hydrogen-bond donors (Lipinski definition) is 2. The number of imide groups is 1. The van der Waals surface area contributed by atoms with Crippen LogP contribution in [0.5, 0.6) is 0 Å². The average molecular weight is 347 g/mol. The van der Waals surface area contributed by atoms with E-state index >= 15 is 0 Å². The molecule has 132 valence electrons. The number of carbonyl (C=O) groups is 3. The fraction of sp³-hybridized carbons (Fsp3) is 0.438. The molecule has 0 radical (unpaired) electrons. The van der Waals surface area contributed by atoms with Gasteiger partial charge in [0, 0.05) is 38.2 Å². The van der Waals surface area contributed by atoms with Gasteiger partial charge >= 0.3 is 6.03 Å². The third kappa shape index (κ3) is 2.70. The number of anilines is 1. The van der Waals surface area contributed by atoms with E-state index in [9.17, 15) is 18.8 Å². The van der Waals surface area contributed by atoms with Gasteiger partial charge in [-0.05, 0) is 17.7 Å². The number of hydrogen-bond acceptors (Lipinski definition) is 5. The van der Waals surface area contributed by atoms with Gasteiger partial charge in [-0.2, -0.15) is 0 Å². The van der Waals surface area contributed by atoms with Gasteiger partial charge < -0.3 is 10.2 Å². The van der Waals surface area contributed by atoms with Gasteiger partial charge in [0.15, 0.2) is 0 Å². The van der Waals surface area contributed by atoms with Crippen molar-refractivity contribution in [3.05, 3.63) is 29.1 Å². The number of piperazine rings is 1. The minimum Gasteiger partial charge on any atom is -0.367 e. The number of hydrazine groups is 1. The predicted molar refractivity (Wildman–Crippen MR) is 86.2 cm³/mol. The van der Waals surface area contributed by atoms with Gasteiger partial charge in [-0.15, -0.1) is 0 Å². The second-order valence-corrected chi connectivity index (χ2v) is 6.29. The molecule has 0 saturated carbocycles. The second kappa shape index (κ2) is 5.99. The van der Waals surface area contributed by atoms with E-state index < -0.39 is 17.8 Å². The lowest BCUT2D eigenvalue weighted by atomic mass is 10.1. The largest absolute Gasteiger partial charge is 0.367 e. The minimum atomic E-state index is -0.625. The Hall–Kier alpha value is -2.68. The van der Waals surface area contributed by atoms with Gasteiger partial charge in [0.05, 0.1) is 18.8 Å². The standard InChI is InChI=1S/C16H18FN5O3/c17-12-8-11-10(7-13(12)20-5-2-18-3-6-20)9-22(15(11)24)21-4-1-14(23)19-16(21)25/h7-8,18H,1-6,9H2,(H,19,23,25). The highest BCUT2D eigenvalue weighted by molar-refractivity contribution is 6.02. The number of halogens is 1. The van der Waals surface area contributed by atoms with Crippen LogP contribution >= 0.6 is 0 Å². The molecular formula is C16H18FN5O3. The zero-order valence-electron chi connectivity index (χ0n) is 13.5. The fourth-order valence-electron chi connectivity index (χ4n) is 3.44. The highest BCUT2D eigenvalue weighted by Gasteiger charge is 2.37. The summed E-state index contributed by atoms with van der Waals surface area (Å²) in [5.41, 5.74) is 1.43. The third-order valence-electron chi connectivity index (χ3n) is 4.74. The van der Waals surface area contributed by atoms with Crippen molar-refractivity contribution >= 4 is 23.5 Å². The summed E-state index contributed by atoms with van der Waals surface area (Å²) in [5, 5.41) is 7.90. The van der Waals surface area contributed by atoms with Crippen molar-refractivity contribution in [2.75, 3.05) is 37.6 Å². The Balaban J connectivity index is 1.60. The quantitative estimate of drug-likeness (QED) is 0.790. The molecular weight excluding hydrogens is 329 g/mol. The van der Waals surface area contributed by atoms with E-state index in [1.165, 1.54) is 16.1 Å². The molecule has 3 heterocycles. The molecule has 0 bridgehead atoms.